The van der Waals surface area contributed by atoms with Gasteiger partial charge in [0.1, 0.15) is 17.5 Å². The van der Waals surface area contributed by atoms with Crippen LogP contribution in [0.15, 0.2) is 54.6 Å². The zero-order valence-corrected chi connectivity index (χ0v) is 20.9. The molecule has 0 aliphatic heterocycles. The summed E-state index contributed by atoms with van der Waals surface area (Å²) in [4.78, 5) is 31.4. The molecule has 0 atom stereocenters. The zero-order chi connectivity index (χ0) is 26.4. The molecule has 1 amide bonds. The lowest BCUT2D eigenvalue weighted by atomic mass is 10.0. The third-order valence-electron chi connectivity index (χ3n) is 5.39. The Bertz CT molecular complexity index is 1230. The van der Waals surface area contributed by atoms with E-state index >= 15 is 0 Å². The Hall–Kier alpha value is -3.81. The molecule has 3 rings (SSSR count). The van der Waals surface area contributed by atoms with Crippen LogP contribution in [0.25, 0.3) is 11.3 Å². The highest BCUT2D eigenvalue weighted by Crippen LogP contribution is 2.30. The lowest BCUT2D eigenvalue weighted by Crippen LogP contribution is -2.32. The minimum atomic E-state index is -1.22. The van der Waals surface area contributed by atoms with Gasteiger partial charge in [0.25, 0.3) is 0 Å². The summed E-state index contributed by atoms with van der Waals surface area (Å²) in [6, 6.07) is 12.6. The minimum absolute atomic E-state index is 0.1000. The number of halogens is 2. The number of rotatable bonds is 10. The number of carbonyl (C=O) groups excluding carboxylic acids is 1. The van der Waals surface area contributed by atoms with Crippen molar-refractivity contribution < 1.29 is 23.5 Å². The van der Waals surface area contributed by atoms with Gasteiger partial charge in [-0.25, -0.2) is 18.6 Å². The number of benzene rings is 2. The van der Waals surface area contributed by atoms with Gasteiger partial charge in [0, 0.05) is 30.4 Å². The number of anilines is 2. The van der Waals surface area contributed by atoms with Crippen molar-refractivity contribution in [1.29, 1.82) is 0 Å². The molecule has 0 saturated heterocycles. The summed E-state index contributed by atoms with van der Waals surface area (Å²) in [7, 11) is 0. The number of aromatic carboxylic acids is 1. The topological polar surface area (TPSA) is 82.5 Å². The van der Waals surface area contributed by atoms with Gasteiger partial charge in [0.2, 0.25) is 5.91 Å². The van der Waals surface area contributed by atoms with Gasteiger partial charge in [-0.15, -0.1) is 0 Å². The number of pyridine rings is 1. The van der Waals surface area contributed by atoms with E-state index < -0.39 is 23.5 Å². The van der Waals surface area contributed by atoms with E-state index in [1.807, 2.05) is 0 Å². The fraction of sp³-hybridized carbons (Fsp3) is 0.321. The molecule has 0 spiro atoms. The van der Waals surface area contributed by atoms with Crippen molar-refractivity contribution in [3.05, 3.63) is 77.4 Å². The lowest BCUT2D eigenvalue weighted by Gasteiger charge is -2.28. The molecule has 6 nitrogen and oxygen atoms in total. The SMILES string of the molecule is CC(C)CN(CC(C)C)c1cc(NC(=O)Cc2ccccc2F)cc(-c2cc(F)ccc2C(=O)O)n1. The second-order valence-electron chi connectivity index (χ2n) is 9.60. The molecule has 1 aromatic heterocycles. The molecule has 36 heavy (non-hydrogen) atoms. The molecule has 0 bridgehead atoms. The summed E-state index contributed by atoms with van der Waals surface area (Å²) in [6.07, 6.45) is -0.179. The molecule has 190 valence electrons. The normalized spacial score (nSPS) is 11.1. The number of hydrogen-bond donors (Lipinski definition) is 2. The van der Waals surface area contributed by atoms with Gasteiger partial charge in [0.05, 0.1) is 17.7 Å². The van der Waals surface area contributed by atoms with Gasteiger partial charge in [-0.2, -0.15) is 0 Å². The van der Waals surface area contributed by atoms with Crippen molar-refractivity contribution in [2.45, 2.75) is 34.1 Å². The first kappa shape index (κ1) is 26.8. The van der Waals surface area contributed by atoms with E-state index in [9.17, 15) is 23.5 Å². The number of carbonyl (C=O) groups is 2. The quantitative estimate of drug-likeness (QED) is 0.359. The Morgan fingerprint density at radius 1 is 0.972 bits per heavy atom. The molecule has 0 fully saturated rings. The molecule has 1 heterocycles. The van der Waals surface area contributed by atoms with Crippen molar-refractivity contribution in [3.63, 3.8) is 0 Å². The smallest absolute Gasteiger partial charge is 0.336 e. The van der Waals surface area contributed by atoms with Gasteiger partial charge in [-0.3, -0.25) is 4.79 Å². The Morgan fingerprint density at radius 2 is 1.64 bits per heavy atom. The lowest BCUT2D eigenvalue weighted by molar-refractivity contribution is -0.115. The highest BCUT2D eigenvalue weighted by molar-refractivity contribution is 5.97. The van der Waals surface area contributed by atoms with Crippen LogP contribution in [0.2, 0.25) is 0 Å². The minimum Gasteiger partial charge on any atom is -0.478 e. The van der Waals surface area contributed by atoms with Crippen LogP contribution in [-0.4, -0.2) is 35.1 Å². The number of amides is 1. The first-order valence-electron chi connectivity index (χ1n) is 11.9. The molecular formula is C28H31F2N3O3. The monoisotopic (exact) mass is 495 g/mol. The molecule has 3 aromatic rings. The van der Waals surface area contributed by atoms with E-state index in [-0.39, 0.29) is 28.8 Å². The highest BCUT2D eigenvalue weighted by Gasteiger charge is 2.19. The summed E-state index contributed by atoms with van der Waals surface area (Å²) in [5.74, 6) is -1.61. The molecule has 8 heteroatoms. The van der Waals surface area contributed by atoms with Crippen LogP contribution in [0.5, 0.6) is 0 Å². The van der Waals surface area contributed by atoms with E-state index in [0.717, 1.165) is 12.1 Å². The van der Waals surface area contributed by atoms with Crippen molar-refractivity contribution in [2.75, 3.05) is 23.3 Å². The zero-order valence-electron chi connectivity index (χ0n) is 20.9. The van der Waals surface area contributed by atoms with Crippen LogP contribution in [0.1, 0.15) is 43.6 Å². The van der Waals surface area contributed by atoms with E-state index in [2.05, 4.69) is 42.9 Å². The number of aromatic nitrogens is 1. The molecule has 0 aliphatic rings. The summed E-state index contributed by atoms with van der Waals surface area (Å²) in [6.45, 7) is 9.64. The third-order valence-corrected chi connectivity index (χ3v) is 5.39. The molecule has 2 aromatic carbocycles. The number of nitrogens with one attached hydrogen (secondary N) is 1. The average Bonchev–Trinajstić information content (AvgIpc) is 2.79. The van der Waals surface area contributed by atoms with Crippen LogP contribution < -0.4 is 10.2 Å². The van der Waals surface area contributed by atoms with E-state index in [1.165, 1.54) is 24.3 Å². The maximum atomic E-state index is 14.2. The number of carboxylic acids is 1. The number of carboxylic acid groups (broad SMARTS) is 1. The average molecular weight is 496 g/mol. The Morgan fingerprint density at radius 3 is 2.25 bits per heavy atom. The fourth-order valence-corrected chi connectivity index (χ4v) is 3.97. The van der Waals surface area contributed by atoms with Gasteiger partial charge >= 0.3 is 5.97 Å². The Balaban J connectivity index is 2.08. The molecule has 0 radical (unpaired) electrons. The summed E-state index contributed by atoms with van der Waals surface area (Å²) >= 11 is 0. The first-order valence-corrected chi connectivity index (χ1v) is 11.9. The van der Waals surface area contributed by atoms with E-state index in [0.29, 0.717) is 36.4 Å². The Labute approximate surface area is 210 Å². The van der Waals surface area contributed by atoms with Gasteiger partial charge in [-0.05, 0) is 47.7 Å². The van der Waals surface area contributed by atoms with E-state index in [4.69, 9.17) is 0 Å². The van der Waals surface area contributed by atoms with Gasteiger partial charge in [0.15, 0.2) is 0 Å². The van der Waals surface area contributed by atoms with Crippen LogP contribution in [0.3, 0.4) is 0 Å². The molecule has 0 unspecified atom stereocenters. The summed E-state index contributed by atoms with van der Waals surface area (Å²) in [5.41, 5.74) is 0.813. The van der Waals surface area contributed by atoms with Crippen LogP contribution in [0, 0.1) is 23.5 Å². The first-order chi connectivity index (χ1) is 17.0. The maximum Gasteiger partial charge on any atom is 0.336 e. The number of hydrogen-bond acceptors (Lipinski definition) is 4. The van der Waals surface area contributed by atoms with Crippen LogP contribution in [-0.2, 0) is 11.2 Å². The summed E-state index contributed by atoms with van der Waals surface area (Å²) in [5, 5.41) is 12.5. The second kappa shape index (κ2) is 11.7. The second-order valence-corrected chi connectivity index (χ2v) is 9.60. The predicted octanol–water partition coefficient (Wildman–Crippen LogP) is 6.02. The largest absolute Gasteiger partial charge is 0.478 e. The third kappa shape index (κ3) is 7.10. The van der Waals surface area contributed by atoms with Crippen molar-refractivity contribution >= 4 is 23.4 Å². The molecular weight excluding hydrogens is 464 g/mol. The number of nitrogens with zero attached hydrogens (tertiary/aromatic N) is 2. The van der Waals surface area contributed by atoms with Crippen molar-refractivity contribution in [1.82, 2.24) is 4.98 Å². The van der Waals surface area contributed by atoms with Crippen LogP contribution in [0.4, 0.5) is 20.3 Å². The van der Waals surface area contributed by atoms with Crippen molar-refractivity contribution in [3.8, 4) is 11.3 Å². The summed E-state index contributed by atoms with van der Waals surface area (Å²) < 4.78 is 28.2. The van der Waals surface area contributed by atoms with Crippen molar-refractivity contribution in [2.24, 2.45) is 11.8 Å². The molecule has 0 saturated carbocycles. The predicted molar refractivity (Wildman–Crippen MR) is 137 cm³/mol. The molecule has 2 N–H and O–H groups in total. The van der Waals surface area contributed by atoms with Gasteiger partial charge < -0.3 is 15.3 Å². The Kier molecular flexibility index (Phi) is 8.74. The van der Waals surface area contributed by atoms with Crippen LogP contribution >= 0.6 is 0 Å². The fourth-order valence-electron chi connectivity index (χ4n) is 3.97. The van der Waals surface area contributed by atoms with E-state index in [1.54, 1.807) is 18.2 Å². The van der Waals surface area contributed by atoms with Gasteiger partial charge in [-0.1, -0.05) is 45.9 Å². The molecule has 0 aliphatic carbocycles. The highest BCUT2D eigenvalue weighted by atomic mass is 19.1. The maximum absolute atomic E-state index is 14.2. The standard InChI is InChI=1S/C28H31F2N3O3/c1-17(2)15-33(16-18(3)4)26-14-21(31-27(34)11-19-7-5-6-8-24(19)30)13-25(32-26)23-12-20(29)9-10-22(23)28(35)36/h5-10,12-14,17-18H,11,15-16H2,1-4H3,(H,35,36)(H,31,32,34).